The second-order valence-electron chi connectivity index (χ2n) is 5.49. The highest BCUT2D eigenvalue weighted by Gasteiger charge is 2.06. The van der Waals surface area contributed by atoms with Gasteiger partial charge in [-0.1, -0.05) is 26.7 Å². The summed E-state index contributed by atoms with van der Waals surface area (Å²) in [5.74, 6) is 2.10. The Morgan fingerprint density at radius 3 is 2.00 bits per heavy atom. The number of hydrogen-bond donors (Lipinski definition) is 0. The van der Waals surface area contributed by atoms with E-state index in [9.17, 15) is 5.21 Å². The first-order valence-corrected chi connectivity index (χ1v) is 10.6. The molecule has 2 aromatic heterocycles. The van der Waals surface area contributed by atoms with Crippen molar-refractivity contribution in [3.8, 4) is 0 Å². The number of nitrogens with zero attached hydrogens (tertiary/aromatic N) is 4. The van der Waals surface area contributed by atoms with Gasteiger partial charge < -0.3 is 5.21 Å². The fraction of sp³-hybridized carbons (Fsp3) is 0.444. The van der Waals surface area contributed by atoms with Crippen molar-refractivity contribution < 1.29 is 4.86 Å². The van der Waals surface area contributed by atoms with Crippen LogP contribution in [0.5, 0.6) is 0 Å². The molecule has 0 atom stereocenters. The zero-order chi connectivity index (χ0) is 17.9. The minimum Gasteiger partial charge on any atom is -0.594 e. The Kier molecular flexibility index (Phi) is 8.76. The topological polar surface area (TPSA) is 64.2 Å². The van der Waals surface area contributed by atoms with Gasteiger partial charge in [0.2, 0.25) is 0 Å². The monoisotopic (exact) mass is 376 g/mol. The summed E-state index contributed by atoms with van der Waals surface area (Å²) in [5.41, 5.74) is 0.956. The van der Waals surface area contributed by atoms with Crippen LogP contribution >= 0.6 is 23.5 Å². The van der Waals surface area contributed by atoms with E-state index in [1.807, 2.05) is 18.2 Å². The lowest BCUT2D eigenvalue weighted by Crippen LogP contribution is -1.92. The molecule has 0 aromatic carbocycles. The maximum atomic E-state index is 12.2. The van der Waals surface area contributed by atoms with Gasteiger partial charge in [-0.05, 0) is 47.4 Å². The van der Waals surface area contributed by atoms with Crippen molar-refractivity contribution in [1.82, 2.24) is 9.97 Å². The molecular weight excluding hydrogens is 352 g/mol. The van der Waals surface area contributed by atoms with Gasteiger partial charge in [0.05, 0.1) is 16.2 Å². The predicted molar refractivity (Wildman–Crippen MR) is 105 cm³/mol. The van der Waals surface area contributed by atoms with Gasteiger partial charge in [0, 0.05) is 11.2 Å². The van der Waals surface area contributed by atoms with E-state index < -0.39 is 0 Å². The van der Waals surface area contributed by atoms with Crippen molar-refractivity contribution >= 4 is 34.9 Å². The summed E-state index contributed by atoms with van der Waals surface area (Å²) in [4.78, 5) is 9.24. The summed E-state index contributed by atoms with van der Waals surface area (Å²) in [5, 5.41) is 18.1. The summed E-state index contributed by atoms with van der Waals surface area (Å²) in [6.07, 6.45) is 7.87. The van der Waals surface area contributed by atoms with Crippen LogP contribution in [0.3, 0.4) is 0 Å². The fourth-order valence-corrected chi connectivity index (χ4v) is 3.76. The summed E-state index contributed by atoms with van der Waals surface area (Å²) in [6.45, 7) is 4.34. The van der Waals surface area contributed by atoms with Crippen LogP contribution in [0.4, 0.5) is 11.4 Å². The van der Waals surface area contributed by atoms with Gasteiger partial charge in [0.15, 0.2) is 5.69 Å². The van der Waals surface area contributed by atoms with Crippen molar-refractivity contribution in [2.75, 3.05) is 11.5 Å². The molecule has 0 radical (unpaired) electrons. The Morgan fingerprint density at radius 2 is 1.52 bits per heavy atom. The van der Waals surface area contributed by atoms with E-state index in [0.29, 0.717) is 16.2 Å². The van der Waals surface area contributed by atoms with Gasteiger partial charge in [0.1, 0.15) is 6.20 Å². The number of rotatable bonds is 10. The zero-order valence-electron chi connectivity index (χ0n) is 14.7. The Morgan fingerprint density at radius 1 is 0.920 bits per heavy atom. The van der Waals surface area contributed by atoms with Crippen molar-refractivity contribution in [2.24, 2.45) is 5.11 Å². The summed E-state index contributed by atoms with van der Waals surface area (Å²) in [7, 11) is 0. The quantitative estimate of drug-likeness (QED) is 0.163. The molecule has 0 saturated heterocycles. The highest BCUT2D eigenvalue weighted by atomic mass is 32.2. The third-order valence-corrected chi connectivity index (χ3v) is 5.42. The smallest absolute Gasteiger partial charge is 0.263 e. The molecule has 0 unspecified atom stereocenters. The molecule has 25 heavy (non-hydrogen) atoms. The van der Waals surface area contributed by atoms with Crippen molar-refractivity contribution in [2.45, 2.75) is 49.6 Å². The molecule has 0 aliphatic rings. The number of unbranched alkanes of at least 4 members (excludes halogenated alkanes) is 2. The van der Waals surface area contributed by atoms with E-state index in [0.717, 1.165) is 28.0 Å². The Hall–Kier alpha value is -1.60. The maximum absolute atomic E-state index is 12.2. The van der Waals surface area contributed by atoms with Crippen LogP contribution in [0.2, 0.25) is 0 Å². The maximum Gasteiger partial charge on any atom is 0.263 e. The van der Waals surface area contributed by atoms with Crippen molar-refractivity contribution in [3.63, 3.8) is 0 Å². The molecule has 0 amide bonds. The largest absolute Gasteiger partial charge is 0.594 e. The van der Waals surface area contributed by atoms with E-state index in [2.05, 4.69) is 28.9 Å². The van der Waals surface area contributed by atoms with E-state index in [4.69, 9.17) is 0 Å². The molecule has 0 aliphatic heterocycles. The highest BCUT2D eigenvalue weighted by molar-refractivity contribution is 7.99. The van der Waals surface area contributed by atoms with Crippen molar-refractivity contribution in [3.05, 3.63) is 41.9 Å². The van der Waals surface area contributed by atoms with E-state index >= 15 is 0 Å². The van der Waals surface area contributed by atoms with E-state index in [1.165, 1.54) is 19.3 Å². The Labute approximate surface area is 157 Å². The molecule has 2 heterocycles. The number of hydrogen-bond acceptors (Lipinski definition) is 6. The molecule has 0 bridgehead atoms. The zero-order valence-corrected chi connectivity index (χ0v) is 16.4. The van der Waals surface area contributed by atoms with E-state index in [-0.39, 0.29) is 0 Å². The predicted octanol–water partition coefficient (Wildman–Crippen LogP) is 6.19. The third kappa shape index (κ3) is 7.04. The number of thioether (sulfide) groups is 2. The highest BCUT2D eigenvalue weighted by Crippen LogP contribution is 2.23. The van der Waals surface area contributed by atoms with Gasteiger partial charge in [-0.25, -0.2) is 9.97 Å². The molecule has 0 fully saturated rings. The SMILES string of the molecule is CCCCSc1ccc(N=[N+]([O-])c2ccc(SCCCC)nc2)cn1. The number of pyridine rings is 2. The Bertz CT molecular complexity index is 660. The van der Waals surface area contributed by atoms with Gasteiger partial charge in [-0.2, -0.15) is 0 Å². The van der Waals surface area contributed by atoms with E-state index in [1.54, 1.807) is 42.0 Å². The normalized spacial score (nSPS) is 11.7. The average molecular weight is 377 g/mol. The summed E-state index contributed by atoms with van der Waals surface area (Å²) >= 11 is 3.43. The van der Waals surface area contributed by atoms with Gasteiger partial charge in [0.25, 0.3) is 5.69 Å². The molecule has 2 aromatic rings. The number of azo groups is 1. The Balaban J connectivity index is 1.95. The van der Waals surface area contributed by atoms with Crippen LogP contribution in [0, 0.1) is 5.21 Å². The molecule has 0 saturated carbocycles. The standard InChI is InChI=1S/C18H24N4OS2/c1-3-5-11-24-17-9-7-15(13-19-17)21-22(23)16-8-10-18(20-14-16)25-12-6-4-2/h7-10,13-14H,3-6,11-12H2,1-2H3. The first kappa shape index (κ1) is 19.7. The molecule has 0 N–H and O–H groups in total. The van der Waals surface area contributed by atoms with Crippen LogP contribution in [-0.4, -0.2) is 26.3 Å². The first-order valence-electron chi connectivity index (χ1n) is 8.59. The molecule has 134 valence electrons. The van der Waals surface area contributed by atoms with Gasteiger partial charge in [-0.3, -0.25) is 0 Å². The van der Waals surface area contributed by atoms with Gasteiger partial charge in [-0.15, -0.1) is 23.5 Å². The molecule has 5 nitrogen and oxygen atoms in total. The molecule has 0 spiro atoms. The fourth-order valence-electron chi connectivity index (χ4n) is 1.89. The molecule has 2 rings (SSSR count). The first-order chi connectivity index (χ1) is 12.2. The average Bonchev–Trinajstić information content (AvgIpc) is 2.64. The lowest BCUT2D eigenvalue weighted by atomic mass is 10.4. The van der Waals surface area contributed by atoms with Crippen LogP contribution in [0.1, 0.15) is 39.5 Å². The van der Waals surface area contributed by atoms with Crippen LogP contribution in [-0.2, 0) is 0 Å². The van der Waals surface area contributed by atoms with Crippen molar-refractivity contribution in [1.29, 1.82) is 0 Å². The summed E-state index contributed by atoms with van der Waals surface area (Å²) < 4.78 is 0. The lowest BCUT2D eigenvalue weighted by molar-refractivity contribution is -0.435. The van der Waals surface area contributed by atoms with Gasteiger partial charge >= 0.3 is 0 Å². The second kappa shape index (κ2) is 11.1. The van der Waals surface area contributed by atoms with Crippen LogP contribution < -0.4 is 0 Å². The lowest BCUT2D eigenvalue weighted by Gasteiger charge is -2.02. The molecule has 0 aliphatic carbocycles. The van der Waals surface area contributed by atoms with Crippen LogP contribution in [0.25, 0.3) is 0 Å². The number of aromatic nitrogens is 2. The second-order valence-corrected chi connectivity index (χ2v) is 7.72. The summed E-state index contributed by atoms with van der Waals surface area (Å²) in [6, 6.07) is 7.33. The molecule has 7 heteroatoms. The minimum absolute atomic E-state index is 0.418. The molecular formula is C18H24N4OS2. The van der Waals surface area contributed by atoms with Crippen LogP contribution in [0.15, 0.2) is 51.8 Å². The third-order valence-electron chi connectivity index (χ3n) is 3.36. The minimum atomic E-state index is 0.418.